The molecule has 0 aliphatic heterocycles. The van der Waals surface area contributed by atoms with Crippen molar-refractivity contribution in [1.82, 2.24) is 0 Å². The summed E-state index contributed by atoms with van der Waals surface area (Å²) in [7, 11) is 0. The average Bonchev–Trinajstić information content (AvgIpc) is 2.26. The molecule has 0 spiro atoms. The standard InChI is InChI=1S/C11H11F3INO2/c12-11(13,14)7-18-6-5-10(17)16-9-4-2-1-3-8(9)15/h1-4H,5-7H2,(H,16,17). The Morgan fingerprint density at radius 1 is 1.33 bits per heavy atom. The van der Waals surface area contributed by atoms with Gasteiger partial charge in [0, 0.05) is 3.57 Å². The topological polar surface area (TPSA) is 38.3 Å². The smallest absolute Gasteiger partial charge is 0.372 e. The number of amides is 1. The molecule has 1 aromatic carbocycles. The molecule has 0 aliphatic rings. The minimum absolute atomic E-state index is 0.110. The van der Waals surface area contributed by atoms with Crippen LogP contribution in [0.15, 0.2) is 24.3 Å². The Labute approximate surface area is 116 Å². The number of hydrogen-bond acceptors (Lipinski definition) is 2. The largest absolute Gasteiger partial charge is 0.411 e. The minimum Gasteiger partial charge on any atom is -0.372 e. The van der Waals surface area contributed by atoms with E-state index in [0.717, 1.165) is 3.57 Å². The van der Waals surface area contributed by atoms with Crippen LogP contribution in [0.4, 0.5) is 18.9 Å². The second-order valence-electron chi connectivity index (χ2n) is 3.45. The van der Waals surface area contributed by atoms with Crippen molar-refractivity contribution in [3.05, 3.63) is 27.8 Å². The fourth-order valence-electron chi connectivity index (χ4n) is 1.13. The average molecular weight is 373 g/mol. The van der Waals surface area contributed by atoms with E-state index < -0.39 is 12.8 Å². The normalized spacial score (nSPS) is 11.3. The number of anilines is 1. The predicted molar refractivity (Wildman–Crippen MR) is 69.3 cm³/mol. The summed E-state index contributed by atoms with van der Waals surface area (Å²) in [4.78, 5) is 11.4. The third-order valence-electron chi connectivity index (χ3n) is 1.89. The van der Waals surface area contributed by atoms with Crippen LogP contribution in [0.3, 0.4) is 0 Å². The molecule has 0 radical (unpaired) electrons. The summed E-state index contributed by atoms with van der Waals surface area (Å²) >= 11 is 2.05. The lowest BCUT2D eigenvalue weighted by molar-refractivity contribution is -0.174. The van der Waals surface area contributed by atoms with Crippen LogP contribution in [0, 0.1) is 3.57 Å². The van der Waals surface area contributed by atoms with Gasteiger partial charge in [-0.3, -0.25) is 4.79 Å². The van der Waals surface area contributed by atoms with Crippen LogP contribution in [0.2, 0.25) is 0 Å². The third kappa shape index (κ3) is 6.20. The lowest BCUT2D eigenvalue weighted by Crippen LogP contribution is -2.20. The number of carbonyl (C=O) groups excluding carboxylic acids is 1. The quantitative estimate of drug-likeness (QED) is 0.636. The van der Waals surface area contributed by atoms with Crippen LogP contribution < -0.4 is 5.32 Å². The van der Waals surface area contributed by atoms with Gasteiger partial charge in [-0.2, -0.15) is 13.2 Å². The maximum Gasteiger partial charge on any atom is 0.411 e. The predicted octanol–water partition coefficient (Wildman–Crippen LogP) is 3.20. The summed E-state index contributed by atoms with van der Waals surface area (Å²) in [5.41, 5.74) is 0.638. The van der Waals surface area contributed by atoms with Gasteiger partial charge < -0.3 is 10.1 Å². The van der Waals surface area contributed by atoms with Crippen LogP contribution in [0.1, 0.15) is 6.42 Å². The molecule has 0 atom stereocenters. The molecule has 3 nitrogen and oxygen atoms in total. The molecule has 0 unspecified atom stereocenters. The molecule has 0 bridgehead atoms. The van der Waals surface area contributed by atoms with Gasteiger partial charge in [0.05, 0.1) is 18.7 Å². The molecule has 1 rings (SSSR count). The highest BCUT2D eigenvalue weighted by Gasteiger charge is 2.27. The molecule has 0 saturated heterocycles. The summed E-state index contributed by atoms with van der Waals surface area (Å²) in [6.45, 7) is -1.59. The molecule has 1 aromatic rings. The molecule has 100 valence electrons. The molecule has 0 aromatic heterocycles. The summed E-state index contributed by atoms with van der Waals surface area (Å²) in [5.74, 6) is -0.374. The minimum atomic E-state index is -4.36. The van der Waals surface area contributed by atoms with Crippen LogP contribution in [0.5, 0.6) is 0 Å². The van der Waals surface area contributed by atoms with Gasteiger partial charge in [0.15, 0.2) is 0 Å². The number of alkyl halides is 3. The van der Waals surface area contributed by atoms with Crippen molar-refractivity contribution < 1.29 is 22.7 Å². The van der Waals surface area contributed by atoms with Crippen molar-refractivity contribution in [3.63, 3.8) is 0 Å². The van der Waals surface area contributed by atoms with E-state index >= 15 is 0 Å². The van der Waals surface area contributed by atoms with Gasteiger partial charge in [-0.05, 0) is 34.7 Å². The Morgan fingerprint density at radius 2 is 2.00 bits per heavy atom. The zero-order chi connectivity index (χ0) is 13.6. The van der Waals surface area contributed by atoms with Gasteiger partial charge in [-0.25, -0.2) is 0 Å². The third-order valence-corrected chi connectivity index (χ3v) is 2.83. The first-order chi connectivity index (χ1) is 8.38. The van der Waals surface area contributed by atoms with E-state index in [2.05, 4.69) is 32.6 Å². The van der Waals surface area contributed by atoms with Crippen LogP contribution in [-0.2, 0) is 9.53 Å². The molecule has 18 heavy (non-hydrogen) atoms. The molecule has 0 fully saturated rings. The number of para-hydroxylation sites is 1. The Bertz CT molecular complexity index is 410. The maximum absolute atomic E-state index is 11.8. The SMILES string of the molecule is O=C(CCOCC(F)(F)F)Nc1ccccc1I. The summed E-state index contributed by atoms with van der Waals surface area (Å²) in [6.07, 6.45) is -4.47. The van der Waals surface area contributed by atoms with Crippen molar-refractivity contribution in [3.8, 4) is 0 Å². The number of halogens is 4. The highest BCUT2D eigenvalue weighted by atomic mass is 127. The molecular formula is C11H11F3INO2. The van der Waals surface area contributed by atoms with E-state index in [9.17, 15) is 18.0 Å². The number of carbonyl (C=O) groups is 1. The zero-order valence-corrected chi connectivity index (χ0v) is 11.4. The van der Waals surface area contributed by atoms with Crippen molar-refractivity contribution in [2.75, 3.05) is 18.5 Å². The molecule has 0 saturated carbocycles. The first-order valence-electron chi connectivity index (χ1n) is 5.07. The Balaban J connectivity index is 2.29. The highest BCUT2D eigenvalue weighted by molar-refractivity contribution is 14.1. The second-order valence-corrected chi connectivity index (χ2v) is 4.61. The van der Waals surface area contributed by atoms with Gasteiger partial charge in [-0.1, -0.05) is 12.1 Å². The Kier molecular flexibility index (Phi) is 5.86. The molecule has 0 aliphatic carbocycles. The lowest BCUT2D eigenvalue weighted by Gasteiger charge is -2.09. The number of hydrogen-bond donors (Lipinski definition) is 1. The summed E-state index contributed by atoms with van der Waals surface area (Å²) in [5, 5.41) is 2.60. The fourth-order valence-corrected chi connectivity index (χ4v) is 1.65. The van der Waals surface area contributed by atoms with Gasteiger partial charge in [-0.15, -0.1) is 0 Å². The van der Waals surface area contributed by atoms with E-state index in [0.29, 0.717) is 5.69 Å². The maximum atomic E-state index is 11.8. The van der Waals surface area contributed by atoms with E-state index in [1.807, 2.05) is 12.1 Å². The molecule has 7 heteroatoms. The zero-order valence-electron chi connectivity index (χ0n) is 9.26. The van der Waals surface area contributed by atoms with Gasteiger partial charge in [0.1, 0.15) is 6.61 Å². The van der Waals surface area contributed by atoms with E-state index in [1.165, 1.54) is 0 Å². The van der Waals surface area contributed by atoms with Crippen molar-refractivity contribution >= 4 is 34.2 Å². The van der Waals surface area contributed by atoms with Crippen molar-refractivity contribution in [2.45, 2.75) is 12.6 Å². The molecule has 1 amide bonds. The second kappa shape index (κ2) is 6.93. The number of benzene rings is 1. The van der Waals surface area contributed by atoms with Crippen LogP contribution in [-0.4, -0.2) is 25.3 Å². The van der Waals surface area contributed by atoms with Gasteiger partial charge in [0.2, 0.25) is 5.91 Å². The van der Waals surface area contributed by atoms with E-state index in [-0.39, 0.29) is 18.9 Å². The van der Waals surface area contributed by atoms with Gasteiger partial charge in [0.25, 0.3) is 0 Å². The van der Waals surface area contributed by atoms with E-state index in [1.54, 1.807) is 12.1 Å². The molecular weight excluding hydrogens is 362 g/mol. The molecule has 0 heterocycles. The number of rotatable bonds is 5. The Morgan fingerprint density at radius 3 is 2.61 bits per heavy atom. The first kappa shape index (κ1) is 15.2. The summed E-state index contributed by atoms with van der Waals surface area (Å²) < 4.78 is 40.5. The first-order valence-corrected chi connectivity index (χ1v) is 6.15. The monoisotopic (exact) mass is 373 g/mol. The fraction of sp³-hybridized carbons (Fsp3) is 0.364. The van der Waals surface area contributed by atoms with E-state index in [4.69, 9.17) is 0 Å². The lowest BCUT2D eigenvalue weighted by atomic mass is 10.3. The number of nitrogens with one attached hydrogen (secondary N) is 1. The van der Waals surface area contributed by atoms with Gasteiger partial charge >= 0.3 is 6.18 Å². The van der Waals surface area contributed by atoms with Crippen LogP contribution >= 0.6 is 22.6 Å². The van der Waals surface area contributed by atoms with Crippen molar-refractivity contribution in [1.29, 1.82) is 0 Å². The number of ether oxygens (including phenoxy) is 1. The molecule has 1 N–H and O–H groups in total. The highest BCUT2D eigenvalue weighted by Crippen LogP contribution is 2.17. The Hall–Kier alpha value is -0.830. The van der Waals surface area contributed by atoms with Crippen molar-refractivity contribution in [2.24, 2.45) is 0 Å². The van der Waals surface area contributed by atoms with Crippen LogP contribution in [0.25, 0.3) is 0 Å². The summed E-state index contributed by atoms with van der Waals surface area (Å²) in [6, 6.07) is 7.12.